The van der Waals surface area contributed by atoms with Gasteiger partial charge in [0.15, 0.2) is 5.17 Å². The summed E-state index contributed by atoms with van der Waals surface area (Å²) >= 11 is 1.69. The molecule has 33 heavy (non-hydrogen) atoms. The van der Waals surface area contributed by atoms with E-state index in [4.69, 9.17) is 4.99 Å². The summed E-state index contributed by atoms with van der Waals surface area (Å²) in [4.78, 5) is 22.2. The predicted molar refractivity (Wildman–Crippen MR) is 137 cm³/mol. The van der Waals surface area contributed by atoms with Gasteiger partial charge in [-0.2, -0.15) is 0 Å². The first kappa shape index (κ1) is 23.1. The van der Waals surface area contributed by atoms with E-state index >= 15 is 0 Å². The quantitative estimate of drug-likeness (QED) is 0.434. The number of carbonyl (C=O) groups is 1. The highest BCUT2D eigenvalue weighted by Gasteiger charge is 2.32. The molecule has 0 aromatic heterocycles. The number of rotatable bonds is 5. The Labute approximate surface area is 199 Å². The van der Waals surface area contributed by atoms with Crippen molar-refractivity contribution >= 4 is 39.9 Å². The Morgan fingerprint density at radius 2 is 1.45 bits per heavy atom. The Morgan fingerprint density at radius 3 is 1.97 bits per heavy atom. The summed E-state index contributed by atoms with van der Waals surface area (Å²) in [7, 11) is 0. The third kappa shape index (κ3) is 5.45. The first-order valence-corrected chi connectivity index (χ1v) is 12.0. The molecule has 0 saturated carbocycles. The number of halogens is 1. The molecule has 0 fully saturated rings. The molecule has 4 nitrogen and oxygen atoms in total. The summed E-state index contributed by atoms with van der Waals surface area (Å²) in [5.41, 5.74) is 2.20. The largest absolute Gasteiger partial charge is 0.310 e. The number of hydrogen-bond donors (Lipinski definition) is 0. The third-order valence-corrected chi connectivity index (χ3v) is 6.43. The van der Waals surface area contributed by atoms with Crippen LogP contribution in [0.4, 0.5) is 21.5 Å². The number of hydrogen-bond acceptors (Lipinski definition) is 4. The molecule has 1 atom stereocenters. The van der Waals surface area contributed by atoms with Crippen molar-refractivity contribution in [3.63, 3.8) is 0 Å². The lowest BCUT2D eigenvalue weighted by atomic mass is 9.94. The molecule has 6 heteroatoms. The molecule has 170 valence electrons. The van der Waals surface area contributed by atoms with E-state index in [0.717, 1.165) is 22.3 Å². The van der Waals surface area contributed by atoms with Gasteiger partial charge in [0.1, 0.15) is 5.82 Å². The van der Waals surface area contributed by atoms with Crippen LogP contribution in [-0.4, -0.2) is 29.4 Å². The van der Waals surface area contributed by atoms with E-state index in [1.54, 1.807) is 28.8 Å². The molecule has 3 aromatic rings. The van der Waals surface area contributed by atoms with Gasteiger partial charge >= 0.3 is 0 Å². The molecule has 0 saturated heterocycles. The van der Waals surface area contributed by atoms with Crippen LogP contribution in [0.5, 0.6) is 0 Å². The number of thioether (sulfide) groups is 1. The topological polar surface area (TPSA) is 35.9 Å². The van der Waals surface area contributed by atoms with Crippen molar-refractivity contribution in [1.82, 2.24) is 0 Å². The zero-order chi connectivity index (χ0) is 23.4. The van der Waals surface area contributed by atoms with Gasteiger partial charge in [0, 0.05) is 34.8 Å². The average molecular weight is 462 g/mol. The molecule has 0 spiro atoms. The number of benzene rings is 3. The second kappa shape index (κ2) is 9.79. The molecule has 1 aliphatic rings. The number of carbonyl (C=O) groups excluding carboxylic acids is 1. The Hall–Kier alpha value is -3.12. The van der Waals surface area contributed by atoms with Gasteiger partial charge in [-0.05, 0) is 48.5 Å². The van der Waals surface area contributed by atoms with E-state index in [1.807, 2.05) is 57.2 Å². The van der Waals surface area contributed by atoms with Gasteiger partial charge in [0.2, 0.25) is 5.91 Å². The number of aliphatic imine (C=N–C) groups is 1. The smallest absolute Gasteiger partial charge is 0.232 e. The monoisotopic (exact) mass is 461 g/mol. The van der Waals surface area contributed by atoms with Gasteiger partial charge < -0.3 is 4.90 Å². The van der Waals surface area contributed by atoms with Crippen molar-refractivity contribution in [2.75, 3.05) is 22.1 Å². The first-order valence-electron chi connectivity index (χ1n) is 11.0. The first-order chi connectivity index (χ1) is 15.8. The lowest BCUT2D eigenvalue weighted by molar-refractivity contribution is -0.125. The summed E-state index contributed by atoms with van der Waals surface area (Å²) in [6, 6.07) is 26.4. The van der Waals surface area contributed by atoms with Crippen molar-refractivity contribution in [2.45, 2.75) is 26.8 Å². The molecule has 0 N–H and O–H groups in total. The molecular weight excluding hydrogens is 433 g/mol. The Bertz CT molecular complexity index is 1070. The Kier molecular flexibility index (Phi) is 6.84. The van der Waals surface area contributed by atoms with E-state index < -0.39 is 5.41 Å². The van der Waals surface area contributed by atoms with E-state index in [9.17, 15) is 9.18 Å². The van der Waals surface area contributed by atoms with E-state index in [0.29, 0.717) is 12.2 Å². The van der Waals surface area contributed by atoms with Crippen LogP contribution in [0.2, 0.25) is 0 Å². The number of anilines is 3. The fraction of sp³-hybridized carbons (Fsp3) is 0.259. The SMILES string of the molecule is CC(C)(C)C(=O)N(CC1CSC(N(c2ccccc2)c2ccccc2)=N1)c1ccc(F)cc1. The predicted octanol–water partition coefficient (Wildman–Crippen LogP) is 6.51. The molecule has 0 radical (unpaired) electrons. The minimum Gasteiger partial charge on any atom is -0.310 e. The number of para-hydroxylation sites is 2. The molecule has 1 unspecified atom stereocenters. The van der Waals surface area contributed by atoms with E-state index in [-0.39, 0.29) is 17.8 Å². The maximum atomic E-state index is 13.5. The Balaban J connectivity index is 1.64. The number of nitrogens with zero attached hydrogens (tertiary/aromatic N) is 3. The summed E-state index contributed by atoms with van der Waals surface area (Å²) < 4.78 is 13.5. The highest BCUT2D eigenvalue weighted by atomic mass is 32.2. The molecule has 0 aliphatic carbocycles. The molecular formula is C27H28FN3OS. The van der Waals surface area contributed by atoms with Crippen molar-refractivity contribution in [3.05, 3.63) is 90.7 Å². The summed E-state index contributed by atoms with van der Waals surface area (Å²) in [5, 5.41) is 0.902. The average Bonchev–Trinajstić information content (AvgIpc) is 3.27. The van der Waals surface area contributed by atoms with E-state index in [1.165, 1.54) is 12.1 Å². The molecule has 1 amide bonds. The maximum Gasteiger partial charge on any atom is 0.232 e. The lowest BCUT2D eigenvalue weighted by Gasteiger charge is -2.31. The van der Waals surface area contributed by atoms with Crippen molar-refractivity contribution in [1.29, 1.82) is 0 Å². The van der Waals surface area contributed by atoms with Gasteiger partial charge in [-0.1, -0.05) is 68.9 Å². The number of amidine groups is 1. The fourth-order valence-electron chi connectivity index (χ4n) is 3.68. The van der Waals surface area contributed by atoms with Gasteiger partial charge in [-0.3, -0.25) is 14.7 Å². The Morgan fingerprint density at radius 1 is 0.909 bits per heavy atom. The molecule has 1 aliphatic heterocycles. The van der Waals surface area contributed by atoms with Gasteiger partial charge in [0.05, 0.1) is 6.04 Å². The standard InChI is InChI=1S/C27H28FN3OS/c1-27(2,3)25(32)30(22-16-14-20(28)15-17-22)18-21-19-33-26(29-21)31(23-10-6-4-7-11-23)24-12-8-5-9-13-24/h4-17,21H,18-19H2,1-3H3. The minimum absolute atomic E-state index is 0.00858. The maximum absolute atomic E-state index is 13.5. The van der Waals surface area contributed by atoms with Crippen LogP contribution in [0.1, 0.15) is 20.8 Å². The van der Waals surface area contributed by atoms with Crippen LogP contribution >= 0.6 is 11.8 Å². The third-order valence-electron chi connectivity index (χ3n) is 5.34. The fourth-order valence-corrected chi connectivity index (χ4v) is 4.77. The second-order valence-electron chi connectivity index (χ2n) is 9.03. The summed E-state index contributed by atoms with van der Waals surface area (Å²) in [6.45, 7) is 6.14. The van der Waals surface area contributed by atoms with Crippen molar-refractivity contribution in [2.24, 2.45) is 10.4 Å². The highest BCUT2D eigenvalue weighted by Crippen LogP contribution is 2.33. The van der Waals surface area contributed by atoms with Crippen LogP contribution in [0.3, 0.4) is 0 Å². The molecule has 4 rings (SSSR count). The second-order valence-corrected chi connectivity index (χ2v) is 10.0. The van der Waals surface area contributed by atoms with Crippen LogP contribution in [0, 0.1) is 11.2 Å². The van der Waals surface area contributed by atoms with Crippen LogP contribution in [0.25, 0.3) is 0 Å². The van der Waals surface area contributed by atoms with Gasteiger partial charge in [-0.25, -0.2) is 4.39 Å². The zero-order valence-electron chi connectivity index (χ0n) is 19.1. The van der Waals surface area contributed by atoms with Crippen LogP contribution in [-0.2, 0) is 4.79 Å². The van der Waals surface area contributed by atoms with Crippen LogP contribution < -0.4 is 9.80 Å². The van der Waals surface area contributed by atoms with Crippen molar-refractivity contribution < 1.29 is 9.18 Å². The molecule has 0 bridgehead atoms. The molecule has 1 heterocycles. The highest BCUT2D eigenvalue weighted by molar-refractivity contribution is 8.14. The minimum atomic E-state index is -0.563. The van der Waals surface area contributed by atoms with Crippen LogP contribution in [0.15, 0.2) is 89.9 Å². The summed E-state index contributed by atoms with van der Waals surface area (Å²) in [5.74, 6) is 0.436. The van der Waals surface area contributed by atoms with E-state index in [2.05, 4.69) is 29.2 Å². The molecule has 3 aromatic carbocycles. The van der Waals surface area contributed by atoms with Gasteiger partial charge in [0.25, 0.3) is 0 Å². The zero-order valence-corrected chi connectivity index (χ0v) is 19.9. The normalized spacial score (nSPS) is 15.8. The summed E-state index contributed by atoms with van der Waals surface area (Å²) in [6.07, 6.45) is 0. The number of amides is 1. The van der Waals surface area contributed by atoms with Gasteiger partial charge in [-0.15, -0.1) is 0 Å². The van der Waals surface area contributed by atoms with Crippen molar-refractivity contribution in [3.8, 4) is 0 Å². The lowest BCUT2D eigenvalue weighted by Crippen LogP contribution is -2.43.